The van der Waals surface area contributed by atoms with Crippen LogP contribution in [0, 0.1) is 11.8 Å². The molecule has 0 spiro atoms. The molecule has 1 heteroatoms. The molecular formula is C18H27N. The molecule has 1 nitrogen and oxygen atoms in total. The largest absolute Gasteiger partial charge is 0.310 e. The zero-order chi connectivity index (χ0) is 14.1. The summed E-state index contributed by atoms with van der Waals surface area (Å²) in [6.45, 7) is 9.65. The molecule has 1 aromatic carbocycles. The van der Waals surface area contributed by atoms with Crippen LogP contribution in [0.25, 0.3) is 0 Å². The third-order valence-corrected chi connectivity index (χ3v) is 3.38. The van der Waals surface area contributed by atoms with Crippen LogP contribution in [0.2, 0.25) is 0 Å². The molecule has 1 atom stereocenters. The second-order valence-corrected chi connectivity index (χ2v) is 5.29. The quantitative estimate of drug-likeness (QED) is 0.701. The summed E-state index contributed by atoms with van der Waals surface area (Å²) in [5.41, 5.74) is 2.79. The van der Waals surface area contributed by atoms with Crippen molar-refractivity contribution < 1.29 is 0 Å². The monoisotopic (exact) mass is 257 g/mol. The first-order valence-electron chi connectivity index (χ1n) is 7.41. The average molecular weight is 257 g/mol. The van der Waals surface area contributed by atoms with E-state index in [4.69, 9.17) is 0 Å². The highest BCUT2D eigenvalue weighted by molar-refractivity contribution is 5.27. The minimum absolute atomic E-state index is 0.432. The Hall–Kier alpha value is -1.26. The molecule has 0 bridgehead atoms. The van der Waals surface area contributed by atoms with Crippen LogP contribution in [0.5, 0.6) is 0 Å². The van der Waals surface area contributed by atoms with Crippen LogP contribution < -0.4 is 5.32 Å². The molecule has 0 aliphatic rings. The average Bonchev–Trinajstić information content (AvgIpc) is 2.43. The molecule has 0 heterocycles. The van der Waals surface area contributed by atoms with E-state index in [-0.39, 0.29) is 0 Å². The van der Waals surface area contributed by atoms with Crippen molar-refractivity contribution >= 4 is 0 Å². The van der Waals surface area contributed by atoms with Gasteiger partial charge in [0.05, 0.1) is 0 Å². The maximum Gasteiger partial charge on any atom is 0.0329 e. The molecule has 0 fully saturated rings. The topological polar surface area (TPSA) is 12.0 Å². The predicted octanol–water partition coefficient (Wildman–Crippen LogP) is 4.65. The Labute approximate surface area is 118 Å². The van der Waals surface area contributed by atoms with E-state index in [1.54, 1.807) is 0 Å². The van der Waals surface area contributed by atoms with E-state index in [0.717, 1.165) is 19.4 Å². The van der Waals surface area contributed by atoms with Gasteiger partial charge in [0.15, 0.2) is 0 Å². The molecule has 0 aliphatic carbocycles. The van der Waals surface area contributed by atoms with Crippen LogP contribution in [0.15, 0.2) is 24.3 Å². The Morgan fingerprint density at radius 3 is 2.26 bits per heavy atom. The summed E-state index contributed by atoms with van der Waals surface area (Å²) in [6, 6.07) is 9.48. The lowest BCUT2D eigenvalue weighted by Gasteiger charge is -2.19. The zero-order valence-electron chi connectivity index (χ0n) is 12.8. The third-order valence-electron chi connectivity index (χ3n) is 3.38. The molecule has 0 aliphatic heterocycles. The van der Waals surface area contributed by atoms with Crippen molar-refractivity contribution in [1.82, 2.24) is 5.32 Å². The molecule has 19 heavy (non-hydrogen) atoms. The Kier molecular flexibility index (Phi) is 7.30. The van der Waals surface area contributed by atoms with Gasteiger partial charge in [0.1, 0.15) is 0 Å². The van der Waals surface area contributed by atoms with Crippen LogP contribution >= 0.6 is 0 Å². The smallest absolute Gasteiger partial charge is 0.0329 e. The highest BCUT2D eigenvalue weighted by Gasteiger charge is 2.10. The summed E-state index contributed by atoms with van der Waals surface area (Å²) in [6.07, 6.45) is 3.21. The Bertz CT molecular complexity index is 406. The summed E-state index contributed by atoms with van der Waals surface area (Å²) in [4.78, 5) is 0. The van der Waals surface area contributed by atoms with E-state index >= 15 is 0 Å². The molecule has 0 saturated heterocycles. The second-order valence-electron chi connectivity index (χ2n) is 5.29. The van der Waals surface area contributed by atoms with E-state index < -0.39 is 0 Å². The van der Waals surface area contributed by atoms with Crippen molar-refractivity contribution in [2.24, 2.45) is 0 Å². The Morgan fingerprint density at radius 1 is 1.11 bits per heavy atom. The van der Waals surface area contributed by atoms with Crippen molar-refractivity contribution in [3.63, 3.8) is 0 Å². The minimum atomic E-state index is 0.432. The standard InChI is InChI=1S/C18H27N/c1-5-7-8-9-18(19-14-6-2)17-12-10-16(11-13-17)15(3)4/h10-13,15,18-19H,6,8-9,14H2,1-4H3. The summed E-state index contributed by atoms with van der Waals surface area (Å²) < 4.78 is 0. The SMILES string of the molecule is CC#CCCC(NCCC)c1ccc(C(C)C)cc1. The van der Waals surface area contributed by atoms with Crippen LogP contribution in [0.4, 0.5) is 0 Å². The van der Waals surface area contributed by atoms with Crippen LogP contribution in [0.3, 0.4) is 0 Å². The van der Waals surface area contributed by atoms with Gasteiger partial charge in [0, 0.05) is 12.5 Å². The zero-order valence-corrected chi connectivity index (χ0v) is 12.8. The van der Waals surface area contributed by atoms with Gasteiger partial charge in [0.2, 0.25) is 0 Å². The van der Waals surface area contributed by atoms with E-state index in [0.29, 0.717) is 12.0 Å². The molecule has 1 unspecified atom stereocenters. The second kappa shape index (κ2) is 8.77. The molecule has 0 saturated carbocycles. The van der Waals surface area contributed by atoms with Crippen LogP contribution in [0.1, 0.15) is 70.0 Å². The van der Waals surface area contributed by atoms with Gasteiger partial charge in [-0.3, -0.25) is 0 Å². The van der Waals surface area contributed by atoms with E-state index in [9.17, 15) is 0 Å². The highest BCUT2D eigenvalue weighted by atomic mass is 14.9. The lowest BCUT2D eigenvalue weighted by molar-refractivity contribution is 0.505. The summed E-state index contributed by atoms with van der Waals surface area (Å²) in [5, 5.41) is 3.63. The lowest BCUT2D eigenvalue weighted by Crippen LogP contribution is -2.22. The molecule has 1 aromatic rings. The van der Waals surface area contributed by atoms with E-state index in [2.05, 4.69) is 62.2 Å². The maximum absolute atomic E-state index is 3.63. The molecule has 104 valence electrons. The Morgan fingerprint density at radius 2 is 1.74 bits per heavy atom. The van der Waals surface area contributed by atoms with Crippen molar-refractivity contribution in [1.29, 1.82) is 0 Å². The molecule has 1 N–H and O–H groups in total. The number of rotatable bonds is 7. The van der Waals surface area contributed by atoms with Crippen LogP contribution in [-0.2, 0) is 0 Å². The molecule has 1 rings (SSSR count). The number of benzene rings is 1. The predicted molar refractivity (Wildman–Crippen MR) is 84.2 cm³/mol. The summed E-state index contributed by atoms with van der Waals surface area (Å²) in [7, 11) is 0. The van der Waals surface area contributed by atoms with Gasteiger partial charge < -0.3 is 5.32 Å². The van der Waals surface area contributed by atoms with Gasteiger partial charge in [0.25, 0.3) is 0 Å². The molecule has 0 aromatic heterocycles. The van der Waals surface area contributed by atoms with Gasteiger partial charge in [-0.15, -0.1) is 11.8 Å². The van der Waals surface area contributed by atoms with Crippen molar-refractivity contribution in [2.45, 2.75) is 58.9 Å². The van der Waals surface area contributed by atoms with E-state index in [1.807, 2.05) is 6.92 Å². The normalized spacial score (nSPS) is 12.1. The fourth-order valence-electron chi connectivity index (χ4n) is 2.16. The fourth-order valence-corrected chi connectivity index (χ4v) is 2.16. The van der Waals surface area contributed by atoms with Crippen LogP contribution in [-0.4, -0.2) is 6.54 Å². The highest BCUT2D eigenvalue weighted by Crippen LogP contribution is 2.21. The van der Waals surface area contributed by atoms with Gasteiger partial charge >= 0.3 is 0 Å². The Balaban J connectivity index is 2.73. The number of hydrogen-bond donors (Lipinski definition) is 1. The number of hydrogen-bond acceptors (Lipinski definition) is 1. The van der Waals surface area contributed by atoms with Crippen molar-refractivity contribution in [3.05, 3.63) is 35.4 Å². The van der Waals surface area contributed by atoms with Gasteiger partial charge in [-0.05, 0) is 43.4 Å². The van der Waals surface area contributed by atoms with Crippen molar-refractivity contribution in [3.8, 4) is 11.8 Å². The summed E-state index contributed by atoms with van der Waals surface area (Å²) in [5.74, 6) is 6.74. The van der Waals surface area contributed by atoms with Crippen molar-refractivity contribution in [2.75, 3.05) is 6.54 Å². The summed E-state index contributed by atoms with van der Waals surface area (Å²) >= 11 is 0. The first-order chi connectivity index (χ1) is 9.19. The van der Waals surface area contributed by atoms with E-state index in [1.165, 1.54) is 17.5 Å². The lowest BCUT2D eigenvalue weighted by atomic mass is 9.97. The molecule has 0 radical (unpaired) electrons. The van der Waals surface area contributed by atoms with Gasteiger partial charge in [-0.25, -0.2) is 0 Å². The third kappa shape index (κ3) is 5.49. The number of nitrogens with one attached hydrogen (secondary N) is 1. The fraction of sp³-hybridized carbons (Fsp3) is 0.556. The first-order valence-corrected chi connectivity index (χ1v) is 7.41. The molecular weight excluding hydrogens is 230 g/mol. The minimum Gasteiger partial charge on any atom is -0.310 e. The van der Waals surface area contributed by atoms with Gasteiger partial charge in [-0.2, -0.15) is 0 Å². The molecule has 0 amide bonds. The maximum atomic E-state index is 3.63. The first kappa shape index (κ1) is 15.8. The van der Waals surface area contributed by atoms with Gasteiger partial charge in [-0.1, -0.05) is 45.0 Å².